The van der Waals surface area contributed by atoms with E-state index < -0.39 is 24.2 Å². The molecule has 0 amide bonds. The first-order valence-electron chi connectivity index (χ1n) is 22.7. The van der Waals surface area contributed by atoms with Crippen LogP contribution in [0.5, 0.6) is 0 Å². The molecule has 1 aliphatic rings. The fraction of sp³-hybridized carbons (Fsp3) is 0.154. The Morgan fingerprint density at radius 3 is 1.46 bits per heavy atom. The molecule has 262 valence electrons. The highest BCUT2D eigenvalue weighted by atomic mass is 15.1. The summed E-state index contributed by atoms with van der Waals surface area (Å²) in [7, 11) is 0. The lowest BCUT2D eigenvalue weighted by atomic mass is 9.78. The van der Waals surface area contributed by atoms with Crippen LogP contribution in [0.15, 0.2) is 145 Å². The van der Waals surface area contributed by atoms with Crippen LogP contribution in [-0.2, 0) is 0 Å². The van der Waals surface area contributed by atoms with Crippen molar-refractivity contribution in [3.63, 3.8) is 0 Å². The minimum absolute atomic E-state index is 0.0690. The van der Waals surface area contributed by atoms with Crippen molar-refractivity contribution in [3.8, 4) is 27.9 Å². The third-order valence-electron chi connectivity index (χ3n) is 11.3. The largest absolute Gasteiger partial charge is 0.310 e. The molecule has 0 aliphatic heterocycles. The number of para-hydroxylation sites is 2. The maximum atomic E-state index is 8.96. The average molecular weight is 705 g/mol. The summed E-state index contributed by atoms with van der Waals surface area (Å²) in [5.41, 5.74) is 13.7. The summed E-state index contributed by atoms with van der Waals surface area (Å²) in [6, 6.07) is 31.9. The highest BCUT2D eigenvalue weighted by Gasteiger charge is 2.25. The monoisotopic (exact) mass is 704 g/mol. The molecule has 0 saturated carbocycles. The minimum atomic E-state index is -0.455. The van der Waals surface area contributed by atoms with Crippen LogP contribution in [0.3, 0.4) is 0 Å². The number of aromatic nitrogens is 1. The zero-order valence-corrected chi connectivity index (χ0v) is 31.3. The molecule has 1 aliphatic carbocycles. The molecule has 0 radical (unpaired) electrons. The first kappa shape index (κ1) is 25.0. The topological polar surface area (TPSA) is 8.17 Å². The number of anilines is 3. The zero-order valence-electron chi connectivity index (χ0n) is 39.3. The van der Waals surface area contributed by atoms with E-state index in [9.17, 15) is 0 Å². The first-order chi connectivity index (χ1) is 29.5. The van der Waals surface area contributed by atoms with Crippen LogP contribution in [0.2, 0.25) is 0 Å². The Balaban J connectivity index is 1.14. The van der Waals surface area contributed by atoms with Crippen LogP contribution >= 0.6 is 0 Å². The second kappa shape index (κ2) is 12.2. The van der Waals surface area contributed by atoms with Gasteiger partial charge in [0.25, 0.3) is 0 Å². The molecule has 0 bridgehead atoms. The van der Waals surface area contributed by atoms with E-state index in [4.69, 9.17) is 11.0 Å². The molecule has 0 N–H and O–H groups in total. The van der Waals surface area contributed by atoms with Gasteiger partial charge in [0.1, 0.15) is 0 Å². The summed E-state index contributed by atoms with van der Waals surface area (Å²) in [6.07, 6.45) is 0. The smallest absolute Gasteiger partial charge is 0.0645 e. The number of hydrogen-bond acceptors (Lipinski definition) is 1. The highest BCUT2D eigenvalue weighted by Crippen LogP contribution is 2.51. The van der Waals surface area contributed by atoms with E-state index >= 15 is 0 Å². The number of nitrogens with zero attached hydrogens (tertiary/aromatic N) is 2. The molecule has 9 aromatic rings. The van der Waals surface area contributed by atoms with Gasteiger partial charge in [-0.15, -0.1) is 0 Å². The summed E-state index contributed by atoms with van der Waals surface area (Å²) < 4.78 is 71.0. The van der Waals surface area contributed by atoms with Crippen molar-refractivity contribution < 1.29 is 11.0 Å². The van der Waals surface area contributed by atoms with Gasteiger partial charge in [-0.3, -0.25) is 0 Å². The van der Waals surface area contributed by atoms with Gasteiger partial charge in [0, 0.05) is 33.5 Å². The predicted molar refractivity (Wildman–Crippen MR) is 233 cm³/mol. The summed E-state index contributed by atoms with van der Waals surface area (Å²) in [6.45, 7) is 13.3. The van der Waals surface area contributed by atoms with E-state index in [1.807, 2.05) is 18.2 Å². The van der Waals surface area contributed by atoms with Gasteiger partial charge < -0.3 is 9.47 Å². The molecular weight excluding hydrogens is 653 g/mol. The highest BCUT2D eigenvalue weighted by molar-refractivity contribution is 6.13. The summed E-state index contributed by atoms with van der Waals surface area (Å²) in [4.78, 5) is 2.42. The van der Waals surface area contributed by atoms with Gasteiger partial charge in [-0.25, -0.2) is 0 Å². The molecule has 0 spiro atoms. The van der Waals surface area contributed by atoms with Crippen LogP contribution in [-0.4, -0.2) is 4.57 Å². The van der Waals surface area contributed by atoms with Crippen LogP contribution in [0, 0.1) is 13.8 Å². The van der Waals surface area contributed by atoms with E-state index in [-0.39, 0.29) is 46.0 Å². The van der Waals surface area contributed by atoms with Crippen molar-refractivity contribution in [1.29, 1.82) is 0 Å². The predicted octanol–water partition coefficient (Wildman–Crippen LogP) is 15.1. The number of fused-ring (bicyclic) bond motifs is 9. The Kier molecular flexibility index (Phi) is 5.65. The van der Waals surface area contributed by atoms with Crippen LogP contribution in [0.1, 0.15) is 72.8 Å². The lowest BCUT2D eigenvalue weighted by Gasteiger charge is -2.31. The molecule has 2 heteroatoms. The average Bonchev–Trinajstić information content (AvgIpc) is 3.62. The molecule has 2 nitrogen and oxygen atoms in total. The standard InChI is InChI=1S/C52H44N2/c1-31(2)35-17-15-33(5)51(29-35)54(52-30-36(32(3)4)18-16-34(52)6)42-22-20-38-26-46-45-25-37-19-21-41(23-39(37)27-47(45)48(46)28-40(38)24-42)53-49-13-9-7-11-43(49)44-12-8-10-14-50(44)53/h7-32H,1-6H3/i7D,8D,9D,10D,11D,12D,13D,14D. The fourth-order valence-corrected chi connectivity index (χ4v) is 8.22. The Bertz CT molecular complexity index is 3300. The number of hydrogen-bond donors (Lipinski definition) is 0. The molecule has 0 saturated heterocycles. The van der Waals surface area contributed by atoms with E-state index in [1.165, 1.54) is 27.8 Å². The second-order valence-electron chi connectivity index (χ2n) is 15.4. The molecule has 8 aromatic carbocycles. The maximum Gasteiger partial charge on any atom is 0.0645 e. The van der Waals surface area contributed by atoms with E-state index in [0.29, 0.717) is 17.5 Å². The van der Waals surface area contributed by atoms with Crippen LogP contribution in [0.4, 0.5) is 17.1 Å². The minimum Gasteiger partial charge on any atom is -0.310 e. The van der Waals surface area contributed by atoms with Crippen LogP contribution < -0.4 is 4.90 Å². The number of benzene rings is 8. The van der Waals surface area contributed by atoms with Gasteiger partial charge >= 0.3 is 0 Å². The molecular formula is C52H44N2. The third kappa shape index (κ3) is 5.01. The Morgan fingerprint density at radius 2 is 0.944 bits per heavy atom. The third-order valence-corrected chi connectivity index (χ3v) is 11.3. The zero-order chi connectivity index (χ0) is 43.8. The molecule has 0 atom stereocenters. The maximum absolute atomic E-state index is 8.96. The van der Waals surface area contributed by atoms with Gasteiger partial charge in [0.2, 0.25) is 0 Å². The van der Waals surface area contributed by atoms with Gasteiger partial charge in [-0.2, -0.15) is 0 Å². The SMILES string of the molecule is [2H]c1c([2H])c([2H])c2c(c1[2H])c1c([2H])c([2H])c([2H])c([2H])c1n2-c1ccc2cc3c(cc2c1)-c1cc2cc(N(c4cc(C(C)C)ccc4C)c4cc(C(C)C)ccc4C)ccc2cc1-3. The van der Waals surface area contributed by atoms with E-state index in [0.717, 1.165) is 55.3 Å². The molecule has 0 fully saturated rings. The van der Waals surface area contributed by atoms with Crippen molar-refractivity contribution in [2.24, 2.45) is 0 Å². The van der Waals surface area contributed by atoms with E-state index in [2.05, 4.69) is 125 Å². The summed E-state index contributed by atoms with van der Waals surface area (Å²) in [5, 5.41) is 4.28. The van der Waals surface area contributed by atoms with Crippen molar-refractivity contribution in [1.82, 2.24) is 4.57 Å². The Labute approximate surface area is 329 Å². The molecule has 0 unspecified atom stereocenters. The lowest BCUT2D eigenvalue weighted by Crippen LogP contribution is -2.14. The summed E-state index contributed by atoms with van der Waals surface area (Å²) in [5.74, 6) is 0.755. The summed E-state index contributed by atoms with van der Waals surface area (Å²) >= 11 is 0. The normalized spacial score (nSPS) is 14.3. The molecule has 1 aromatic heterocycles. The van der Waals surface area contributed by atoms with Crippen molar-refractivity contribution in [2.75, 3.05) is 4.90 Å². The second-order valence-corrected chi connectivity index (χ2v) is 15.4. The van der Waals surface area contributed by atoms with Crippen molar-refractivity contribution >= 4 is 60.4 Å². The van der Waals surface area contributed by atoms with Gasteiger partial charge in [0.15, 0.2) is 0 Å². The van der Waals surface area contributed by atoms with Gasteiger partial charge in [-0.1, -0.05) is 100 Å². The van der Waals surface area contributed by atoms with Gasteiger partial charge in [-0.05, 0) is 164 Å². The number of aryl methyl sites for hydroxylation is 2. The molecule has 54 heavy (non-hydrogen) atoms. The quantitative estimate of drug-likeness (QED) is 0.167. The Morgan fingerprint density at radius 1 is 0.481 bits per heavy atom. The lowest BCUT2D eigenvalue weighted by molar-refractivity contribution is 0.863. The Hall–Kier alpha value is -6.12. The van der Waals surface area contributed by atoms with Crippen molar-refractivity contribution in [3.05, 3.63) is 168 Å². The fourth-order valence-electron chi connectivity index (χ4n) is 8.22. The van der Waals surface area contributed by atoms with E-state index in [1.54, 1.807) is 4.57 Å². The van der Waals surface area contributed by atoms with Crippen molar-refractivity contribution in [2.45, 2.75) is 53.4 Å². The van der Waals surface area contributed by atoms with Gasteiger partial charge in [0.05, 0.1) is 22.0 Å². The molecule has 10 rings (SSSR count). The van der Waals surface area contributed by atoms with Crippen LogP contribution in [0.25, 0.3) is 71.3 Å². The first-order valence-corrected chi connectivity index (χ1v) is 18.7. The molecule has 1 heterocycles. The number of rotatable bonds is 6.